The van der Waals surface area contributed by atoms with Crippen molar-refractivity contribution in [2.75, 3.05) is 13.3 Å². The van der Waals surface area contributed by atoms with Crippen molar-refractivity contribution in [1.29, 1.82) is 0 Å². The third-order valence-corrected chi connectivity index (χ3v) is 5.29. The van der Waals surface area contributed by atoms with Gasteiger partial charge in [0.05, 0.1) is 6.16 Å². The maximum Gasteiger partial charge on any atom is 0.266 e. The predicted octanol–water partition coefficient (Wildman–Crippen LogP) is 2.09. The standard InChI is InChI=1S/C6H7O2PS/c1-3-6-4-9(7,8-2)10-5-6/h1,5H,4H2,2H3. The number of hydrogen-bond donors (Lipinski definition) is 0. The fourth-order valence-electron chi connectivity index (χ4n) is 0.614. The van der Waals surface area contributed by atoms with E-state index in [0.29, 0.717) is 6.16 Å². The van der Waals surface area contributed by atoms with E-state index in [1.54, 1.807) is 5.41 Å². The molecule has 0 saturated carbocycles. The number of hydrogen-bond acceptors (Lipinski definition) is 3. The van der Waals surface area contributed by atoms with E-state index >= 15 is 0 Å². The van der Waals surface area contributed by atoms with Gasteiger partial charge in [-0.2, -0.15) is 0 Å². The normalized spacial score (nSPS) is 31.4. The summed E-state index contributed by atoms with van der Waals surface area (Å²) in [4.78, 5) is 0. The van der Waals surface area contributed by atoms with Crippen molar-refractivity contribution in [3.05, 3.63) is 11.0 Å². The molecule has 10 heavy (non-hydrogen) atoms. The Morgan fingerprint density at radius 2 is 2.70 bits per heavy atom. The first-order chi connectivity index (χ1) is 4.70. The second-order valence-corrected chi connectivity index (χ2v) is 6.50. The second-order valence-electron chi connectivity index (χ2n) is 1.84. The highest BCUT2D eigenvalue weighted by Crippen LogP contribution is 2.64. The Bertz CT molecular complexity index is 251. The van der Waals surface area contributed by atoms with Crippen LogP contribution in [0, 0.1) is 12.3 Å². The molecule has 0 spiro atoms. The third-order valence-electron chi connectivity index (χ3n) is 1.18. The van der Waals surface area contributed by atoms with Crippen LogP contribution in [0.4, 0.5) is 0 Å². The average Bonchev–Trinajstić information content (AvgIpc) is 2.33. The van der Waals surface area contributed by atoms with Crippen molar-refractivity contribution in [3.63, 3.8) is 0 Å². The lowest BCUT2D eigenvalue weighted by Crippen LogP contribution is -1.83. The summed E-state index contributed by atoms with van der Waals surface area (Å²) in [6, 6.07) is 0. The first kappa shape index (κ1) is 7.94. The smallest absolute Gasteiger partial charge is 0.266 e. The van der Waals surface area contributed by atoms with Gasteiger partial charge < -0.3 is 4.52 Å². The largest absolute Gasteiger partial charge is 0.324 e. The molecule has 1 aliphatic heterocycles. The van der Waals surface area contributed by atoms with Crippen molar-refractivity contribution < 1.29 is 9.09 Å². The first-order valence-corrected chi connectivity index (χ1v) is 5.98. The van der Waals surface area contributed by atoms with Gasteiger partial charge in [-0.25, -0.2) is 0 Å². The zero-order valence-electron chi connectivity index (χ0n) is 5.53. The minimum Gasteiger partial charge on any atom is -0.324 e. The van der Waals surface area contributed by atoms with Gasteiger partial charge in [-0.3, -0.25) is 4.57 Å². The van der Waals surface area contributed by atoms with Crippen LogP contribution in [0.2, 0.25) is 0 Å². The van der Waals surface area contributed by atoms with Crippen LogP contribution in [0.15, 0.2) is 11.0 Å². The zero-order valence-corrected chi connectivity index (χ0v) is 7.24. The maximum atomic E-state index is 11.3. The maximum absolute atomic E-state index is 11.3. The van der Waals surface area contributed by atoms with E-state index in [-0.39, 0.29) is 0 Å². The minimum absolute atomic E-state index is 0.407. The van der Waals surface area contributed by atoms with Gasteiger partial charge in [0, 0.05) is 12.7 Å². The highest BCUT2D eigenvalue weighted by atomic mass is 32.7. The van der Waals surface area contributed by atoms with Crippen molar-refractivity contribution in [2.45, 2.75) is 0 Å². The molecule has 4 heteroatoms. The van der Waals surface area contributed by atoms with Crippen LogP contribution >= 0.6 is 18.0 Å². The van der Waals surface area contributed by atoms with Gasteiger partial charge in [-0.15, -0.1) is 6.42 Å². The highest BCUT2D eigenvalue weighted by Gasteiger charge is 2.28. The van der Waals surface area contributed by atoms with Gasteiger partial charge in [0.25, 0.3) is 6.57 Å². The van der Waals surface area contributed by atoms with Crippen LogP contribution in [0.3, 0.4) is 0 Å². The molecule has 1 heterocycles. The van der Waals surface area contributed by atoms with E-state index in [4.69, 9.17) is 10.9 Å². The van der Waals surface area contributed by atoms with Crippen LogP contribution in [0.1, 0.15) is 0 Å². The molecule has 54 valence electrons. The second kappa shape index (κ2) is 2.84. The van der Waals surface area contributed by atoms with Crippen LogP contribution in [0.5, 0.6) is 0 Å². The minimum atomic E-state index is -2.44. The molecule has 0 aliphatic carbocycles. The lowest BCUT2D eigenvalue weighted by Gasteiger charge is -2.04. The molecule has 0 fully saturated rings. The molecule has 1 atom stereocenters. The van der Waals surface area contributed by atoms with Gasteiger partial charge in [0.1, 0.15) is 0 Å². The van der Waals surface area contributed by atoms with Crippen LogP contribution in [-0.4, -0.2) is 13.3 Å². The molecule has 0 aromatic carbocycles. The molecule has 2 nitrogen and oxygen atoms in total. The summed E-state index contributed by atoms with van der Waals surface area (Å²) in [6.07, 6.45) is 5.51. The Balaban J connectivity index is 2.70. The van der Waals surface area contributed by atoms with E-state index in [1.165, 1.54) is 18.5 Å². The first-order valence-electron chi connectivity index (χ1n) is 2.69. The summed E-state index contributed by atoms with van der Waals surface area (Å²) < 4.78 is 16.1. The molecule has 1 unspecified atom stereocenters. The molecule has 0 aromatic heterocycles. The summed E-state index contributed by atoms with van der Waals surface area (Å²) in [5.74, 6) is 2.44. The lowest BCUT2D eigenvalue weighted by molar-refractivity contribution is 0.412. The lowest BCUT2D eigenvalue weighted by atomic mass is 10.4. The summed E-state index contributed by atoms with van der Waals surface area (Å²) in [5, 5.41) is 1.73. The topological polar surface area (TPSA) is 26.3 Å². The molecular weight excluding hydrogens is 167 g/mol. The van der Waals surface area contributed by atoms with Crippen molar-refractivity contribution in [1.82, 2.24) is 0 Å². The Labute approximate surface area is 64.2 Å². The Hall–Kier alpha value is -0.160. The zero-order chi connectivity index (χ0) is 7.61. The fraction of sp³-hybridized carbons (Fsp3) is 0.333. The third kappa shape index (κ3) is 1.46. The molecule has 0 N–H and O–H groups in total. The Morgan fingerprint density at radius 3 is 3.00 bits per heavy atom. The SMILES string of the molecule is C#CC1=CSP(=O)(OC)C1. The Kier molecular flexibility index (Phi) is 2.25. The summed E-state index contributed by atoms with van der Waals surface area (Å²) in [7, 11) is 1.45. The van der Waals surface area contributed by atoms with Crippen LogP contribution < -0.4 is 0 Å². The molecule has 0 radical (unpaired) electrons. The molecule has 0 amide bonds. The highest BCUT2D eigenvalue weighted by molar-refractivity contribution is 8.58. The van der Waals surface area contributed by atoms with Crippen LogP contribution in [-0.2, 0) is 9.09 Å². The summed E-state index contributed by atoms with van der Waals surface area (Å²) >= 11 is 1.21. The predicted molar refractivity (Wildman–Crippen MR) is 44.0 cm³/mol. The molecule has 0 saturated heterocycles. The van der Waals surface area contributed by atoms with E-state index in [2.05, 4.69) is 5.92 Å². The van der Waals surface area contributed by atoms with Gasteiger partial charge in [0.15, 0.2) is 0 Å². The van der Waals surface area contributed by atoms with Crippen molar-refractivity contribution in [2.24, 2.45) is 0 Å². The summed E-state index contributed by atoms with van der Waals surface area (Å²) in [6.45, 7) is -2.44. The van der Waals surface area contributed by atoms with Gasteiger partial charge in [-0.1, -0.05) is 5.92 Å². The summed E-state index contributed by atoms with van der Waals surface area (Å²) in [5.41, 5.74) is 0.773. The Morgan fingerprint density at radius 1 is 2.00 bits per heavy atom. The molecule has 0 aromatic rings. The van der Waals surface area contributed by atoms with E-state index in [1.807, 2.05) is 0 Å². The molecule has 0 bridgehead atoms. The van der Waals surface area contributed by atoms with Crippen LogP contribution in [0.25, 0.3) is 0 Å². The monoisotopic (exact) mass is 174 g/mol. The fourth-order valence-corrected chi connectivity index (χ4v) is 3.83. The van der Waals surface area contributed by atoms with E-state index in [9.17, 15) is 4.57 Å². The van der Waals surface area contributed by atoms with Gasteiger partial charge >= 0.3 is 0 Å². The van der Waals surface area contributed by atoms with Gasteiger partial charge in [0.2, 0.25) is 0 Å². The molecule has 1 rings (SSSR count). The molecular formula is C6H7O2PS. The van der Waals surface area contributed by atoms with Gasteiger partial charge in [-0.05, 0) is 16.8 Å². The number of rotatable bonds is 1. The van der Waals surface area contributed by atoms with E-state index < -0.39 is 6.57 Å². The number of allylic oxidation sites excluding steroid dienone is 1. The van der Waals surface area contributed by atoms with E-state index in [0.717, 1.165) is 5.57 Å². The average molecular weight is 174 g/mol. The number of terminal acetylenes is 1. The van der Waals surface area contributed by atoms with Crippen molar-refractivity contribution in [3.8, 4) is 12.3 Å². The van der Waals surface area contributed by atoms with Crippen molar-refractivity contribution >= 4 is 18.0 Å². The molecule has 1 aliphatic rings. The quantitative estimate of drug-likeness (QED) is 0.449.